The highest BCUT2D eigenvalue weighted by molar-refractivity contribution is 7.89. The van der Waals surface area contributed by atoms with Gasteiger partial charge in [0.05, 0.1) is 5.92 Å². The summed E-state index contributed by atoms with van der Waals surface area (Å²) in [7, 11) is -3.91. The average molecular weight is 508 g/mol. The lowest BCUT2D eigenvalue weighted by Crippen LogP contribution is -2.44. The number of carbonyl (C=O) groups excluding carboxylic acids is 1. The van der Waals surface area contributed by atoms with Crippen molar-refractivity contribution in [2.45, 2.75) is 52.4 Å². The second kappa shape index (κ2) is 10.4. The number of nitrogens with zero attached hydrogens (tertiary/aromatic N) is 2. The van der Waals surface area contributed by atoms with Gasteiger partial charge in [-0.25, -0.2) is 8.42 Å². The van der Waals surface area contributed by atoms with Gasteiger partial charge in [-0.05, 0) is 76.3 Å². The summed E-state index contributed by atoms with van der Waals surface area (Å²) < 4.78 is 34.2. The summed E-state index contributed by atoms with van der Waals surface area (Å²) in [4.78, 5) is 13.1. The molecular formula is C28H33N3O4S. The number of aromatic nitrogens is 1. The van der Waals surface area contributed by atoms with Gasteiger partial charge in [0, 0.05) is 18.8 Å². The second-order valence-electron chi connectivity index (χ2n) is 9.66. The first-order valence-electron chi connectivity index (χ1n) is 12.2. The summed E-state index contributed by atoms with van der Waals surface area (Å²) in [5.74, 6) is -0.419. The van der Waals surface area contributed by atoms with Gasteiger partial charge in [0.25, 0.3) is 0 Å². The molecule has 0 radical (unpaired) electrons. The Morgan fingerprint density at radius 2 is 1.75 bits per heavy atom. The Labute approximate surface area is 213 Å². The molecular weight excluding hydrogens is 474 g/mol. The molecule has 1 aliphatic rings. The maximum Gasteiger partial charge on any atom is 0.248 e. The summed E-state index contributed by atoms with van der Waals surface area (Å²) in [5.41, 5.74) is 6.31. The summed E-state index contributed by atoms with van der Waals surface area (Å²) in [5, 5.41) is 6.93. The van der Waals surface area contributed by atoms with Gasteiger partial charge in [0.2, 0.25) is 15.9 Å². The number of benzene rings is 2. The van der Waals surface area contributed by atoms with E-state index in [1.54, 1.807) is 13.0 Å². The standard InChI is InChI=1S/C28H33N3O4S/c1-18-9-12-25(21(4)15-18)29-28(32)24-7-6-14-31(17-24)36(33,34)27-22(5)30-35-26(27)13-11-23-16-19(2)8-10-20(23)3/h8-13,15-16,24H,6-7,14,17H2,1-5H3,(H,29,32)/b13-11+. The number of hydrogen-bond donors (Lipinski definition) is 1. The van der Waals surface area contributed by atoms with Gasteiger partial charge in [0.15, 0.2) is 10.7 Å². The molecule has 1 atom stereocenters. The molecule has 0 saturated carbocycles. The minimum atomic E-state index is -3.91. The van der Waals surface area contributed by atoms with Crippen molar-refractivity contribution in [2.75, 3.05) is 18.4 Å². The van der Waals surface area contributed by atoms with E-state index in [1.165, 1.54) is 4.31 Å². The third kappa shape index (κ3) is 5.44. The third-order valence-corrected chi connectivity index (χ3v) is 8.70. The molecule has 2 aromatic carbocycles. The molecule has 1 fully saturated rings. The number of anilines is 1. The Kier molecular flexibility index (Phi) is 7.47. The Balaban J connectivity index is 1.55. The van der Waals surface area contributed by atoms with Crippen LogP contribution < -0.4 is 5.32 Å². The van der Waals surface area contributed by atoms with Crippen molar-refractivity contribution in [3.63, 3.8) is 0 Å². The van der Waals surface area contributed by atoms with Gasteiger partial charge >= 0.3 is 0 Å². The number of rotatable bonds is 6. The molecule has 1 aromatic heterocycles. The fourth-order valence-corrected chi connectivity index (χ4v) is 6.37. The molecule has 8 heteroatoms. The van der Waals surface area contributed by atoms with Crippen LogP contribution in [0.25, 0.3) is 12.2 Å². The molecule has 4 rings (SSSR count). The van der Waals surface area contributed by atoms with Crippen LogP contribution in [0.1, 0.15) is 52.1 Å². The van der Waals surface area contributed by atoms with Crippen molar-refractivity contribution in [2.24, 2.45) is 5.92 Å². The fourth-order valence-electron chi connectivity index (χ4n) is 4.60. The third-order valence-electron chi connectivity index (χ3n) is 6.67. The number of hydrogen-bond acceptors (Lipinski definition) is 5. The highest BCUT2D eigenvalue weighted by atomic mass is 32.2. The molecule has 36 heavy (non-hydrogen) atoms. The molecule has 1 aliphatic heterocycles. The monoisotopic (exact) mass is 507 g/mol. The predicted octanol–water partition coefficient (Wildman–Crippen LogP) is 5.43. The zero-order valence-electron chi connectivity index (χ0n) is 21.5. The van der Waals surface area contributed by atoms with Crippen LogP contribution in [-0.4, -0.2) is 36.9 Å². The molecule has 1 saturated heterocycles. The normalized spacial score (nSPS) is 17.0. The van der Waals surface area contributed by atoms with Gasteiger partial charge < -0.3 is 9.84 Å². The SMILES string of the molecule is Cc1ccc(NC(=O)C2CCCN(S(=O)(=O)c3c(C)noc3/C=C/c3cc(C)ccc3C)C2)c(C)c1. The largest absolute Gasteiger partial charge is 0.355 e. The minimum absolute atomic E-state index is 0.0551. The van der Waals surface area contributed by atoms with Crippen LogP contribution in [0.3, 0.4) is 0 Å². The minimum Gasteiger partial charge on any atom is -0.355 e. The molecule has 0 aliphatic carbocycles. The number of carbonyl (C=O) groups is 1. The Morgan fingerprint density at radius 3 is 2.50 bits per heavy atom. The van der Waals surface area contributed by atoms with Crippen molar-refractivity contribution in [1.29, 1.82) is 0 Å². The lowest BCUT2D eigenvalue weighted by Gasteiger charge is -2.31. The lowest BCUT2D eigenvalue weighted by molar-refractivity contribution is -0.120. The predicted molar refractivity (Wildman–Crippen MR) is 142 cm³/mol. The van der Waals surface area contributed by atoms with E-state index in [9.17, 15) is 13.2 Å². The van der Waals surface area contributed by atoms with Gasteiger partial charge in [-0.3, -0.25) is 4.79 Å². The van der Waals surface area contributed by atoms with E-state index in [1.807, 2.05) is 70.2 Å². The van der Waals surface area contributed by atoms with Gasteiger partial charge in [-0.1, -0.05) is 52.7 Å². The molecule has 3 aromatic rings. The highest BCUT2D eigenvalue weighted by Gasteiger charge is 2.37. The number of piperidine rings is 1. The van der Waals surface area contributed by atoms with Crippen molar-refractivity contribution < 1.29 is 17.7 Å². The number of sulfonamides is 1. The first kappa shape index (κ1) is 25.9. The van der Waals surface area contributed by atoms with Crippen molar-refractivity contribution >= 4 is 33.8 Å². The van der Waals surface area contributed by atoms with E-state index in [0.717, 1.165) is 33.5 Å². The second-order valence-corrected chi connectivity index (χ2v) is 11.5. The smallest absolute Gasteiger partial charge is 0.248 e. The van der Waals surface area contributed by atoms with Gasteiger partial charge in [-0.15, -0.1) is 0 Å². The number of nitrogens with one attached hydrogen (secondary N) is 1. The van der Waals surface area contributed by atoms with Gasteiger partial charge in [0.1, 0.15) is 5.69 Å². The zero-order valence-corrected chi connectivity index (χ0v) is 22.3. The first-order valence-corrected chi connectivity index (χ1v) is 13.6. The molecule has 1 N–H and O–H groups in total. The summed E-state index contributed by atoms with van der Waals surface area (Å²) in [6, 6.07) is 11.9. The van der Waals surface area contributed by atoms with Crippen molar-refractivity contribution in [1.82, 2.24) is 9.46 Å². The van der Waals surface area contributed by atoms with Crippen molar-refractivity contribution in [3.05, 3.63) is 75.7 Å². The van der Waals surface area contributed by atoms with Crippen LogP contribution in [0.15, 0.2) is 45.8 Å². The number of aryl methyl sites for hydroxylation is 5. The van der Waals surface area contributed by atoms with E-state index < -0.39 is 15.9 Å². The molecule has 0 bridgehead atoms. The number of amides is 1. The first-order chi connectivity index (χ1) is 17.1. The van der Waals surface area contributed by atoms with E-state index in [4.69, 9.17) is 4.52 Å². The van der Waals surface area contributed by atoms with E-state index >= 15 is 0 Å². The molecule has 7 nitrogen and oxygen atoms in total. The molecule has 190 valence electrons. The molecule has 0 spiro atoms. The van der Waals surface area contributed by atoms with Gasteiger partial charge in [-0.2, -0.15) is 4.31 Å². The Hall–Kier alpha value is -3.23. The zero-order chi connectivity index (χ0) is 26.0. The van der Waals surface area contributed by atoms with Crippen LogP contribution in [0.5, 0.6) is 0 Å². The molecule has 2 heterocycles. The van der Waals surface area contributed by atoms with Crippen LogP contribution in [0, 0.1) is 40.5 Å². The summed E-state index contributed by atoms with van der Waals surface area (Å²) >= 11 is 0. The van der Waals surface area contributed by atoms with E-state index in [0.29, 0.717) is 25.1 Å². The highest BCUT2D eigenvalue weighted by Crippen LogP contribution is 2.30. The maximum absolute atomic E-state index is 13.7. The van der Waals surface area contributed by atoms with Crippen LogP contribution in [-0.2, 0) is 14.8 Å². The lowest BCUT2D eigenvalue weighted by atomic mass is 9.98. The Morgan fingerprint density at radius 1 is 1.03 bits per heavy atom. The van der Waals surface area contributed by atoms with Crippen LogP contribution in [0.2, 0.25) is 0 Å². The maximum atomic E-state index is 13.7. The average Bonchev–Trinajstić information content (AvgIpc) is 3.22. The molecule has 1 unspecified atom stereocenters. The quantitative estimate of drug-likeness (QED) is 0.481. The molecule has 1 amide bonds. The van der Waals surface area contributed by atoms with E-state index in [-0.39, 0.29) is 23.1 Å². The summed E-state index contributed by atoms with van der Waals surface area (Å²) in [6.07, 6.45) is 4.73. The Bertz CT molecular complexity index is 1420. The topological polar surface area (TPSA) is 92.5 Å². The van der Waals surface area contributed by atoms with E-state index in [2.05, 4.69) is 10.5 Å². The van der Waals surface area contributed by atoms with Crippen molar-refractivity contribution in [3.8, 4) is 0 Å². The van der Waals surface area contributed by atoms with Crippen LogP contribution in [0.4, 0.5) is 5.69 Å². The summed E-state index contributed by atoms with van der Waals surface area (Å²) in [6.45, 7) is 10.0. The van der Waals surface area contributed by atoms with Crippen LogP contribution >= 0.6 is 0 Å². The fraction of sp³-hybridized carbons (Fsp3) is 0.357.